The van der Waals surface area contributed by atoms with Gasteiger partial charge in [0, 0.05) is 24.2 Å². The molecule has 0 radical (unpaired) electrons. The van der Waals surface area contributed by atoms with Crippen LogP contribution in [0.2, 0.25) is 0 Å². The van der Waals surface area contributed by atoms with Crippen LogP contribution in [0.1, 0.15) is 44.2 Å². The lowest BCUT2D eigenvalue weighted by molar-refractivity contribution is 0.787. The summed E-state index contributed by atoms with van der Waals surface area (Å²) in [6.07, 6.45) is 5.15. The Bertz CT molecular complexity index is 464. The fourth-order valence-electron chi connectivity index (χ4n) is 1.57. The van der Waals surface area contributed by atoms with Gasteiger partial charge >= 0.3 is 0 Å². The first-order chi connectivity index (χ1) is 8.16. The van der Waals surface area contributed by atoms with Crippen LogP contribution in [0.4, 0.5) is 5.82 Å². The summed E-state index contributed by atoms with van der Waals surface area (Å²) < 4.78 is 0. The highest BCUT2D eigenvalue weighted by atomic mass is 15.1. The standard InChI is InChI=1S/C12H17N5/c1-8(2)10-6-11(16-7-15-10)17-9(3)12-13-4-5-14-12/h4-9H,1-3H3,(H,13,14)(H,15,16,17). The Kier molecular flexibility index (Phi) is 3.37. The van der Waals surface area contributed by atoms with Crippen molar-refractivity contribution in [2.75, 3.05) is 5.32 Å². The normalized spacial score (nSPS) is 12.7. The maximum absolute atomic E-state index is 4.23. The third-order valence-corrected chi connectivity index (χ3v) is 2.57. The highest BCUT2D eigenvalue weighted by molar-refractivity contribution is 5.37. The molecule has 0 aliphatic carbocycles. The number of rotatable bonds is 4. The van der Waals surface area contributed by atoms with Gasteiger partial charge in [0.1, 0.15) is 18.0 Å². The maximum Gasteiger partial charge on any atom is 0.130 e. The fourth-order valence-corrected chi connectivity index (χ4v) is 1.57. The molecule has 2 N–H and O–H groups in total. The Morgan fingerprint density at radius 1 is 1.18 bits per heavy atom. The number of aromatic nitrogens is 4. The number of H-pyrrole nitrogens is 1. The molecule has 5 heteroatoms. The lowest BCUT2D eigenvalue weighted by Gasteiger charge is -2.13. The summed E-state index contributed by atoms with van der Waals surface area (Å²) in [5.74, 6) is 2.12. The predicted octanol–water partition coefficient (Wildman–Crippen LogP) is 2.50. The molecule has 0 amide bonds. The number of imidazole rings is 1. The predicted molar refractivity (Wildman–Crippen MR) is 66.7 cm³/mol. The van der Waals surface area contributed by atoms with Crippen molar-refractivity contribution in [3.8, 4) is 0 Å². The van der Waals surface area contributed by atoms with E-state index in [2.05, 4.69) is 39.1 Å². The minimum atomic E-state index is 0.0971. The van der Waals surface area contributed by atoms with Crippen LogP contribution in [-0.2, 0) is 0 Å². The Balaban J connectivity index is 2.11. The second-order valence-electron chi connectivity index (χ2n) is 4.32. The molecular formula is C12H17N5. The third kappa shape index (κ3) is 2.81. The van der Waals surface area contributed by atoms with Gasteiger partial charge in [-0.15, -0.1) is 0 Å². The minimum absolute atomic E-state index is 0.0971. The van der Waals surface area contributed by atoms with E-state index in [4.69, 9.17) is 0 Å². The molecule has 0 spiro atoms. The second kappa shape index (κ2) is 4.95. The molecule has 2 rings (SSSR count). The Hall–Kier alpha value is -1.91. The van der Waals surface area contributed by atoms with Crippen molar-refractivity contribution < 1.29 is 0 Å². The third-order valence-electron chi connectivity index (χ3n) is 2.57. The summed E-state index contributed by atoms with van der Waals surface area (Å²) in [6.45, 7) is 6.26. The molecule has 0 bridgehead atoms. The quantitative estimate of drug-likeness (QED) is 0.848. The Labute approximate surface area is 101 Å². The second-order valence-corrected chi connectivity index (χ2v) is 4.32. The van der Waals surface area contributed by atoms with Crippen LogP contribution in [0.15, 0.2) is 24.8 Å². The lowest BCUT2D eigenvalue weighted by atomic mass is 10.1. The highest BCUT2D eigenvalue weighted by Gasteiger charge is 2.09. The molecule has 17 heavy (non-hydrogen) atoms. The van der Waals surface area contributed by atoms with Crippen molar-refractivity contribution in [3.05, 3.63) is 36.3 Å². The number of hydrogen-bond acceptors (Lipinski definition) is 4. The summed E-state index contributed by atoms with van der Waals surface area (Å²) in [5, 5.41) is 3.29. The summed E-state index contributed by atoms with van der Waals surface area (Å²) in [5.41, 5.74) is 1.04. The largest absolute Gasteiger partial charge is 0.360 e. The molecule has 0 fully saturated rings. The van der Waals surface area contributed by atoms with Crippen LogP contribution < -0.4 is 5.32 Å². The van der Waals surface area contributed by atoms with E-state index in [1.54, 1.807) is 12.5 Å². The molecule has 5 nitrogen and oxygen atoms in total. The fraction of sp³-hybridized carbons (Fsp3) is 0.417. The monoisotopic (exact) mass is 231 g/mol. The zero-order valence-electron chi connectivity index (χ0n) is 10.3. The van der Waals surface area contributed by atoms with Gasteiger partial charge in [0.2, 0.25) is 0 Å². The molecule has 2 aromatic rings. The molecule has 2 aromatic heterocycles. The number of nitrogens with one attached hydrogen (secondary N) is 2. The molecule has 0 aliphatic rings. The van der Waals surface area contributed by atoms with Gasteiger partial charge in [-0.25, -0.2) is 15.0 Å². The molecule has 1 atom stereocenters. The molecule has 0 saturated heterocycles. The topological polar surface area (TPSA) is 66.5 Å². The molecule has 0 saturated carbocycles. The molecule has 0 aliphatic heterocycles. The zero-order valence-corrected chi connectivity index (χ0v) is 10.3. The van der Waals surface area contributed by atoms with Crippen LogP contribution in [0.3, 0.4) is 0 Å². The molecular weight excluding hydrogens is 214 g/mol. The molecule has 1 unspecified atom stereocenters. The van der Waals surface area contributed by atoms with Crippen LogP contribution >= 0.6 is 0 Å². The van der Waals surface area contributed by atoms with E-state index in [-0.39, 0.29) is 6.04 Å². The van der Waals surface area contributed by atoms with Crippen LogP contribution in [0.5, 0.6) is 0 Å². The van der Waals surface area contributed by atoms with E-state index in [1.165, 1.54) is 0 Å². The van der Waals surface area contributed by atoms with Crippen molar-refractivity contribution in [1.29, 1.82) is 0 Å². The summed E-state index contributed by atoms with van der Waals surface area (Å²) in [7, 11) is 0. The van der Waals surface area contributed by atoms with E-state index < -0.39 is 0 Å². The Morgan fingerprint density at radius 2 is 2.00 bits per heavy atom. The summed E-state index contributed by atoms with van der Waals surface area (Å²) in [4.78, 5) is 15.7. The maximum atomic E-state index is 4.23. The van der Waals surface area contributed by atoms with Crippen molar-refractivity contribution in [2.45, 2.75) is 32.7 Å². The van der Waals surface area contributed by atoms with Gasteiger partial charge in [0.25, 0.3) is 0 Å². The first-order valence-electron chi connectivity index (χ1n) is 5.74. The SMILES string of the molecule is CC(C)c1cc(NC(C)c2ncc[nH]2)ncn1. The number of anilines is 1. The smallest absolute Gasteiger partial charge is 0.130 e. The molecule has 90 valence electrons. The van der Waals surface area contributed by atoms with Crippen molar-refractivity contribution >= 4 is 5.82 Å². The van der Waals surface area contributed by atoms with E-state index in [1.807, 2.05) is 19.2 Å². The van der Waals surface area contributed by atoms with Crippen LogP contribution in [0, 0.1) is 0 Å². The van der Waals surface area contributed by atoms with Crippen molar-refractivity contribution in [3.63, 3.8) is 0 Å². The van der Waals surface area contributed by atoms with Crippen molar-refractivity contribution in [2.24, 2.45) is 0 Å². The van der Waals surface area contributed by atoms with Crippen LogP contribution in [-0.4, -0.2) is 19.9 Å². The average molecular weight is 231 g/mol. The van der Waals surface area contributed by atoms with E-state index in [0.29, 0.717) is 5.92 Å². The minimum Gasteiger partial charge on any atom is -0.360 e. The van der Waals surface area contributed by atoms with E-state index >= 15 is 0 Å². The van der Waals surface area contributed by atoms with E-state index in [0.717, 1.165) is 17.3 Å². The van der Waals surface area contributed by atoms with Crippen LogP contribution in [0.25, 0.3) is 0 Å². The van der Waals surface area contributed by atoms with Gasteiger partial charge in [0.05, 0.1) is 6.04 Å². The van der Waals surface area contributed by atoms with Gasteiger partial charge < -0.3 is 10.3 Å². The van der Waals surface area contributed by atoms with Crippen molar-refractivity contribution in [1.82, 2.24) is 19.9 Å². The highest BCUT2D eigenvalue weighted by Crippen LogP contribution is 2.17. The number of nitrogens with zero attached hydrogens (tertiary/aromatic N) is 3. The molecule has 2 heterocycles. The van der Waals surface area contributed by atoms with Gasteiger partial charge in [0.15, 0.2) is 0 Å². The molecule has 0 aromatic carbocycles. The summed E-state index contributed by atoms with van der Waals surface area (Å²) in [6, 6.07) is 2.07. The first kappa shape index (κ1) is 11.6. The van der Waals surface area contributed by atoms with Gasteiger partial charge in [-0.05, 0) is 12.8 Å². The number of hydrogen-bond donors (Lipinski definition) is 2. The Morgan fingerprint density at radius 3 is 2.65 bits per heavy atom. The zero-order chi connectivity index (χ0) is 12.3. The summed E-state index contributed by atoms with van der Waals surface area (Å²) >= 11 is 0. The van der Waals surface area contributed by atoms with Gasteiger partial charge in [-0.3, -0.25) is 0 Å². The lowest BCUT2D eigenvalue weighted by Crippen LogP contribution is -2.10. The average Bonchev–Trinajstić information content (AvgIpc) is 2.82. The van der Waals surface area contributed by atoms with Gasteiger partial charge in [-0.2, -0.15) is 0 Å². The van der Waals surface area contributed by atoms with Gasteiger partial charge in [-0.1, -0.05) is 13.8 Å². The van der Waals surface area contributed by atoms with E-state index in [9.17, 15) is 0 Å². The first-order valence-corrected chi connectivity index (χ1v) is 5.74. The number of aromatic amines is 1.